The topological polar surface area (TPSA) is 29.5 Å². The molecule has 1 aromatic rings. The molecule has 0 amide bonds. The number of para-hydroxylation sites is 1. The van der Waals surface area contributed by atoms with E-state index in [0.717, 1.165) is 22.3 Å². The van der Waals surface area contributed by atoms with Gasteiger partial charge in [0.15, 0.2) is 0 Å². The van der Waals surface area contributed by atoms with Crippen molar-refractivity contribution in [3.05, 3.63) is 29.8 Å². The Bertz CT molecular complexity index is 400. The van der Waals surface area contributed by atoms with Crippen molar-refractivity contribution in [1.82, 2.24) is 0 Å². The molecule has 0 bridgehead atoms. The molecule has 0 spiro atoms. The van der Waals surface area contributed by atoms with Crippen LogP contribution in [-0.4, -0.2) is 22.2 Å². The van der Waals surface area contributed by atoms with Crippen LogP contribution in [0.25, 0.3) is 0 Å². The van der Waals surface area contributed by atoms with E-state index in [-0.39, 0.29) is 6.10 Å². The zero-order valence-corrected chi connectivity index (χ0v) is 13.4. The highest BCUT2D eigenvalue weighted by Crippen LogP contribution is 2.33. The first kappa shape index (κ1) is 15.7. The maximum atomic E-state index is 10.4. The molecule has 0 radical (unpaired) electrons. The van der Waals surface area contributed by atoms with E-state index in [2.05, 4.69) is 0 Å². The van der Waals surface area contributed by atoms with Crippen molar-refractivity contribution in [3.8, 4) is 5.75 Å². The average molecular weight is 294 g/mol. The van der Waals surface area contributed by atoms with E-state index in [1.54, 1.807) is 0 Å². The molecular weight excluding hydrogens is 268 g/mol. The summed E-state index contributed by atoms with van der Waals surface area (Å²) in [6.07, 6.45) is 6.39. The summed E-state index contributed by atoms with van der Waals surface area (Å²) in [4.78, 5) is 0. The summed E-state index contributed by atoms with van der Waals surface area (Å²) in [7, 11) is 0. The van der Waals surface area contributed by atoms with Crippen molar-refractivity contribution < 1.29 is 9.84 Å². The fraction of sp³-hybridized carbons (Fsp3) is 0.647. The third kappa shape index (κ3) is 4.71. The number of hydrogen-bond donors (Lipinski definition) is 1. The van der Waals surface area contributed by atoms with Crippen LogP contribution in [0.2, 0.25) is 0 Å². The largest absolute Gasteiger partial charge is 0.491 e. The molecule has 3 heteroatoms. The molecule has 1 unspecified atom stereocenters. The van der Waals surface area contributed by atoms with Crippen LogP contribution in [0.4, 0.5) is 0 Å². The van der Waals surface area contributed by atoms with E-state index in [1.165, 1.54) is 32.1 Å². The second-order valence-electron chi connectivity index (χ2n) is 5.81. The van der Waals surface area contributed by atoms with Crippen molar-refractivity contribution in [2.24, 2.45) is 0 Å². The smallest absolute Gasteiger partial charge is 0.125 e. The quantitative estimate of drug-likeness (QED) is 0.833. The van der Waals surface area contributed by atoms with Crippen molar-refractivity contribution >= 4 is 11.8 Å². The summed E-state index contributed by atoms with van der Waals surface area (Å²) in [5, 5.41) is 11.2. The Labute approximate surface area is 126 Å². The van der Waals surface area contributed by atoms with Gasteiger partial charge < -0.3 is 9.84 Å². The fourth-order valence-corrected chi connectivity index (χ4v) is 3.97. The summed E-state index contributed by atoms with van der Waals surface area (Å²) < 4.78 is 5.79. The Kier molecular flexibility index (Phi) is 6.24. The minimum atomic E-state index is -0.433. The van der Waals surface area contributed by atoms with Crippen molar-refractivity contribution in [3.63, 3.8) is 0 Å². The number of aliphatic hydroxyl groups excluding tert-OH is 1. The molecule has 0 saturated heterocycles. The van der Waals surface area contributed by atoms with Gasteiger partial charge in [0.05, 0.1) is 12.2 Å². The summed E-state index contributed by atoms with van der Waals surface area (Å²) >= 11 is 1.92. The fourth-order valence-electron chi connectivity index (χ4n) is 2.67. The number of aliphatic hydroxyl groups is 1. The highest BCUT2D eigenvalue weighted by Gasteiger charge is 2.18. The van der Waals surface area contributed by atoms with Crippen LogP contribution in [0.1, 0.15) is 57.6 Å². The zero-order valence-electron chi connectivity index (χ0n) is 12.5. The maximum Gasteiger partial charge on any atom is 0.125 e. The van der Waals surface area contributed by atoms with E-state index in [4.69, 9.17) is 4.74 Å². The first-order valence-electron chi connectivity index (χ1n) is 7.72. The third-order valence-electron chi connectivity index (χ3n) is 3.68. The van der Waals surface area contributed by atoms with E-state index in [0.29, 0.717) is 0 Å². The molecule has 1 aliphatic rings. The molecule has 20 heavy (non-hydrogen) atoms. The minimum Gasteiger partial charge on any atom is -0.491 e. The van der Waals surface area contributed by atoms with E-state index in [9.17, 15) is 5.11 Å². The molecule has 0 heterocycles. The molecule has 2 nitrogen and oxygen atoms in total. The van der Waals surface area contributed by atoms with Crippen LogP contribution >= 0.6 is 11.8 Å². The minimum absolute atomic E-state index is 0.134. The van der Waals surface area contributed by atoms with Crippen LogP contribution in [0.5, 0.6) is 5.75 Å². The van der Waals surface area contributed by atoms with Gasteiger partial charge in [-0.25, -0.2) is 0 Å². The first-order chi connectivity index (χ1) is 9.66. The normalized spacial score (nSPS) is 18.2. The van der Waals surface area contributed by atoms with E-state index < -0.39 is 6.10 Å². The summed E-state index contributed by atoms with van der Waals surface area (Å²) in [5.74, 6) is 1.59. The third-order valence-corrected chi connectivity index (χ3v) is 5.13. The molecule has 0 aromatic heterocycles. The van der Waals surface area contributed by atoms with Gasteiger partial charge in [-0.1, -0.05) is 37.5 Å². The van der Waals surface area contributed by atoms with E-state index >= 15 is 0 Å². The monoisotopic (exact) mass is 294 g/mol. The SMILES string of the molecule is CC(C)Oc1ccccc1C(O)CSC1CCCCC1. The Morgan fingerprint density at radius 2 is 1.90 bits per heavy atom. The molecular formula is C17H26O2S. The first-order valence-corrected chi connectivity index (χ1v) is 8.77. The molecule has 1 aliphatic carbocycles. The van der Waals surface area contributed by atoms with Crippen LogP contribution in [0.15, 0.2) is 24.3 Å². The lowest BCUT2D eigenvalue weighted by molar-refractivity contribution is 0.186. The van der Waals surface area contributed by atoms with Crippen molar-refractivity contribution in [1.29, 1.82) is 0 Å². The number of hydrogen-bond acceptors (Lipinski definition) is 3. The van der Waals surface area contributed by atoms with Gasteiger partial charge >= 0.3 is 0 Å². The average Bonchev–Trinajstić information content (AvgIpc) is 2.46. The van der Waals surface area contributed by atoms with Crippen LogP contribution < -0.4 is 4.74 Å². The second kappa shape index (κ2) is 7.94. The Balaban J connectivity index is 1.92. The van der Waals surface area contributed by atoms with Gasteiger partial charge in [-0.3, -0.25) is 0 Å². The van der Waals surface area contributed by atoms with Gasteiger partial charge in [0.2, 0.25) is 0 Å². The molecule has 112 valence electrons. The molecule has 2 rings (SSSR count). The Morgan fingerprint density at radius 1 is 1.20 bits per heavy atom. The summed E-state index contributed by atoms with van der Waals surface area (Å²) in [6.45, 7) is 4.03. The molecule has 1 aromatic carbocycles. The number of thioether (sulfide) groups is 1. The molecule has 1 N–H and O–H groups in total. The van der Waals surface area contributed by atoms with Gasteiger partial charge in [-0.15, -0.1) is 0 Å². The molecule has 0 aliphatic heterocycles. The predicted molar refractivity (Wildman–Crippen MR) is 86.5 cm³/mol. The zero-order chi connectivity index (χ0) is 14.4. The van der Waals surface area contributed by atoms with Gasteiger partial charge in [-0.2, -0.15) is 11.8 Å². The standard InChI is InChI=1S/C17H26O2S/c1-13(2)19-17-11-7-6-10-15(17)16(18)12-20-14-8-4-3-5-9-14/h6-7,10-11,13-14,16,18H,3-5,8-9,12H2,1-2H3. The van der Waals surface area contributed by atoms with Crippen LogP contribution in [0.3, 0.4) is 0 Å². The molecule has 1 atom stereocenters. The van der Waals surface area contributed by atoms with Crippen molar-refractivity contribution in [2.75, 3.05) is 5.75 Å². The van der Waals surface area contributed by atoms with Crippen LogP contribution in [0, 0.1) is 0 Å². The van der Waals surface area contributed by atoms with Crippen LogP contribution in [-0.2, 0) is 0 Å². The highest BCUT2D eigenvalue weighted by atomic mass is 32.2. The van der Waals surface area contributed by atoms with Gasteiger partial charge in [0.25, 0.3) is 0 Å². The predicted octanol–water partition coefficient (Wildman–Crippen LogP) is 4.57. The summed E-state index contributed by atoms with van der Waals surface area (Å²) in [6, 6.07) is 7.85. The highest BCUT2D eigenvalue weighted by molar-refractivity contribution is 7.99. The Hall–Kier alpha value is -0.670. The lowest BCUT2D eigenvalue weighted by atomic mass is 10.0. The summed E-state index contributed by atoms with van der Waals surface area (Å²) in [5.41, 5.74) is 0.921. The van der Waals surface area contributed by atoms with Crippen molar-refractivity contribution in [2.45, 2.75) is 63.4 Å². The number of benzene rings is 1. The van der Waals surface area contributed by atoms with Gasteiger partial charge in [0.1, 0.15) is 5.75 Å². The Morgan fingerprint density at radius 3 is 2.60 bits per heavy atom. The maximum absolute atomic E-state index is 10.4. The lowest BCUT2D eigenvalue weighted by Gasteiger charge is -2.23. The van der Waals surface area contributed by atoms with E-state index in [1.807, 2.05) is 49.9 Å². The van der Waals surface area contributed by atoms with Gasteiger partial charge in [0, 0.05) is 16.6 Å². The second-order valence-corrected chi connectivity index (χ2v) is 7.15. The molecule has 1 fully saturated rings. The molecule has 1 saturated carbocycles. The lowest BCUT2D eigenvalue weighted by Crippen LogP contribution is -2.13. The number of rotatable bonds is 6. The number of ether oxygens (including phenoxy) is 1. The van der Waals surface area contributed by atoms with Gasteiger partial charge in [-0.05, 0) is 32.8 Å².